The van der Waals surface area contributed by atoms with Gasteiger partial charge in [0.25, 0.3) is 0 Å². The Morgan fingerprint density at radius 1 is 1.17 bits per heavy atom. The average Bonchev–Trinajstić information content (AvgIpc) is 3.18. The SMILES string of the molecule is CN(C)c1nc(CS(=O)Cc2ccn(-c3ccccc3)n2)ns1. The van der Waals surface area contributed by atoms with E-state index in [1.54, 1.807) is 4.68 Å². The summed E-state index contributed by atoms with van der Waals surface area (Å²) in [6.45, 7) is 0. The second kappa shape index (κ2) is 7.01. The van der Waals surface area contributed by atoms with Crippen LogP contribution in [0.5, 0.6) is 0 Å². The lowest BCUT2D eigenvalue weighted by molar-refractivity contribution is 0.680. The summed E-state index contributed by atoms with van der Waals surface area (Å²) in [5.74, 6) is 1.37. The van der Waals surface area contributed by atoms with Crippen molar-refractivity contribution in [1.82, 2.24) is 19.1 Å². The monoisotopic (exact) mass is 347 g/mol. The molecule has 120 valence electrons. The molecule has 0 aliphatic rings. The third-order valence-electron chi connectivity index (χ3n) is 3.10. The standard InChI is InChI=1S/C15H17N5OS2/c1-19(2)15-16-14(18-22-15)11-23(21)10-12-8-9-20(17-12)13-6-4-3-5-7-13/h3-9H,10-11H2,1-2H3. The minimum Gasteiger partial charge on any atom is -0.353 e. The fourth-order valence-corrected chi connectivity index (χ4v) is 3.69. The van der Waals surface area contributed by atoms with Crippen molar-refractivity contribution in [3.05, 3.63) is 54.1 Å². The zero-order chi connectivity index (χ0) is 16.2. The highest BCUT2D eigenvalue weighted by Gasteiger charge is 2.11. The molecule has 1 unspecified atom stereocenters. The van der Waals surface area contributed by atoms with E-state index >= 15 is 0 Å². The smallest absolute Gasteiger partial charge is 0.204 e. The van der Waals surface area contributed by atoms with Crippen LogP contribution in [0.1, 0.15) is 11.5 Å². The number of nitrogens with zero attached hydrogens (tertiary/aromatic N) is 5. The molecule has 6 nitrogen and oxygen atoms in total. The van der Waals surface area contributed by atoms with Crippen LogP contribution < -0.4 is 4.90 Å². The van der Waals surface area contributed by atoms with Gasteiger partial charge in [0.05, 0.1) is 22.9 Å². The summed E-state index contributed by atoms with van der Waals surface area (Å²) in [5.41, 5.74) is 1.79. The largest absolute Gasteiger partial charge is 0.353 e. The van der Waals surface area contributed by atoms with Crippen molar-refractivity contribution < 1.29 is 4.21 Å². The average molecular weight is 347 g/mol. The van der Waals surface area contributed by atoms with Gasteiger partial charge in [-0.25, -0.2) is 9.67 Å². The summed E-state index contributed by atoms with van der Waals surface area (Å²) < 4.78 is 18.3. The van der Waals surface area contributed by atoms with Crippen LogP contribution in [0.3, 0.4) is 0 Å². The van der Waals surface area contributed by atoms with Crippen molar-refractivity contribution in [3.63, 3.8) is 0 Å². The predicted octanol–water partition coefficient (Wildman–Crippen LogP) is 2.24. The molecule has 0 amide bonds. The molecule has 3 rings (SSSR count). The van der Waals surface area contributed by atoms with Crippen LogP contribution in [0.2, 0.25) is 0 Å². The van der Waals surface area contributed by atoms with Crippen molar-refractivity contribution in [2.75, 3.05) is 19.0 Å². The highest BCUT2D eigenvalue weighted by molar-refractivity contribution is 7.83. The van der Waals surface area contributed by atoms with Crippen molar-refractivity contribution in [3.8, 4) is 5.69 Å². The summed E-state index contributed by atoms with van der Waals surface area (Å²) in [4.78, 5) is 6.25. The highest BCUT2D eigenvalue weighted by Crippen LogP contribution is 2.16. The van der Waals surface area contributed by atoms with Gasteiger partial charge in [-0.3, -0.25) is 4.21 Å². The maximum atomic E-state index is 12.3. The van der Waals surface area contributed by atoms with E-state index in [0.29, 0.717) is 17.3 Å². The van der Waals surface area contributed by atoms with E-state index < -0.39 is 10.8 Å². The summed E-state index contributed by atoms with van der Waals surface area (Å²) >= 11 is 1.32. The van der Waals surface area contributed by atoms with Gasteiger partial charge in [-0.2, -0.15) is 9.47 Å². The van der Waals surface area contributed by atoms with Crippen LogP contribution in [0, 0.1) is 0 Å². The molecule has 0 spiro atoms. The van der Waals surface area contributed by atoms with Gasteiger partial charge >= 0.3 is 0 Å². The second-order valence-electron chi connectivity index (χ2n) is 5.20. The van der Waals surface area contributed by atoms with Crippen LogP contribution in [0.15, 0.2) is 42.6 Å². The van der Waals surface area contributed by atoms with Gasteiger partial charge in [-0.15, -0.1) is 0 Å². The number of hydrogen-bond acceptors (Lipinski definition) is 6. The maximum absolute atomic E-state index is 12.3. The van der Waals surface area contributed by atoms with Crippen LogP contribution in [-0.2, 0) is 22.3 Å². The molecule has 2 aromatic heterocycles. The molecule has 0 saturated carbocycles. The fourth-order valence-electron chi connectivity index (χ4n) is 2.01. The number of benzene rings is 1. The lowest BCUT2D eigenvalue weighted by atomic mass is 10.3. The topological polar surface area (TPSA) is 63.9 Å². The Morgan fingerprint density at radius 2 is 1.96 bits per heavy atom. The number of para-hydroxylation sites is 1. The molecule has 1 atom stereocenters. The van der Waals surface area contributed by atoms with E-state index in [2.05, 4.69) is 14.5 Å². The zero-order valence-corrected chi connectivity index (χ0v) is 14.5. The van der Waals surface area contributed by atoms with E-state index in [4.69, 9.17) is 0 Å². The van der Waals surface area contributed by atoms with Gasteiger partial charge in [0.2, 0.25) is 5.13 Å². The molecular weight excluding hydrogens is 330 g/mol. The van der Waals surface area contributed by atoms with Gasteiger partial charge < -0.3 is 4.90 Å². The first kappa shape index (κ1) is 15.8. The van der Waals surface area contributed by atoms with E-state index in [-0.39, 0.29) is 0 Å². The third-order valence-corrected chi connectivity index (χ3v) is 5.22. The number of aromatic nitrogens is 4. The predicted molar refractivity (Wildman–Crippen MR) is 93.4 cm³/mol. The Balaban J connectivity index is 1.63. The van der Waals surface area contributed by atoms with Crippen molar-refractivity contribution >= 4 is 27.5 Å². The third kappa shape index (κ3) is 4.02. The van der Waals surface area contributed by atoms with Crippen LogP contribution in [0.25, 0.3) is 5.69 Å². The molecular formula is C15H17N5OS2. The Labute approximate surface area is 141 Å². The maximum Gasteiger partial charge on any atom is 0.204 e. The fraction of sp³-hybridized carbons (Fsp3) is 0.267. The first-order valence-electron chi connectivity index (χ1n) is 7.06. The molecule has 3 aromatic rings. The summed E-state index contributed by atoms with van der Waals surface area (Å²) in [6.07, 6.45) is 1.88. The Hall–Kier alpha value is -2.06. The molecule has 23 heavy (non-hydrogen) atoms. The first-order valence-corrected chi connectivity index (χ1v) is 9.33. The molecule has 8 heteroatoms. The molecule has 1 aromatic carbocycles. The molecule has 0 N–H and O–H groups in total. The summed E-state index contributed by atoms with van der Waals surface area (Å²) in [5, 5.41) is 5.30. The van der Waals surface area contributed by atoms with Crippen LogP contribution in [0.4, 0.5) is 5.13 Å². The first-order chi connectivity index (χ1) is 11.1. The van der Waals surface area contributed by atoms with Gasteiger partial charge in [0, 0.05) is 42.6 Å². The number of anilines is 1. The second-order valence-corrected chi connectivity index (χ2v) is 7.39. The van der Waals surface area contributed by atoms with E-state index in [9.17, 15) is 4.21 Å². The summed E-state index contributed by atoms with van der Waals surface area (Å²) in [7, 11) is 2.75. The Morgan fingerprint density at radius 3 is 2.65 bits per heavy atom. The molecule has 0 aliphatic heterocycles. The van der Waals surface area contributed by atoms with Gasteiger partial charge in [-0.05, 0) is 18.2 Å². The number of hydrogen-bond donors (Lipinski definition) is 0. The molecule has 0 bridgehead atoms. The van der Waals surface area contributed by atoms with E-state index in [1.807, 2.05) is 61.6 Å². The van der Waals surface area contributed by atoms with Crippen molar-refractivity contribution in [2.45, 2.75) is 11.5 Å². The molecule has 0 saturated heterocycles. The summed E-state index contributed by atoms with van der Waals surface area (Å²) in [6, 6.07) is 11.7. The number of rotatable bonds is 6. The van der Waals surface area contributed by atoms with Gasteiger partial charge in [0.1, 0.15) is 0 Å². The normalized spacial score (nSPS) is 12.3. The van der Waals surface area contributed by atoms with Crippen LogP contribution >= 0.6 is 11.5 Å². The highest BCUT2D eigenvalue weighted by atomic mass is 32.2. The minimum absolute atomic E-state index is 0.350. The quantitative estimate of drug-likeness (QED) is 0.684. The van der Waals surface area contributed by atoms with Gasteiger partial charge in [0.15, 0.2) is 5.82 Å². The van der Waals surface area contributed by atoms with E-state index in [0.717, 1.165) is 16.5 Å². The Kier molecular flexibility index (Phi) is 4.82. The lowest BCUT2D eigenvalue weighted by Gasteiger charge is -2.04. The zero-order valence-electron chi connectivity index (χ0n) is 12.9. The molecule has 0 radical (unpaired) electrons. The molecule has 0 fully saturated rings. The van der Waals surface area contributed by atoms with Gasteiger partial charge in [-0.1, -0.05) is 18.2 Å². The molecule has 2 heterocycles. The van der Waals surface area contributed by atoms with Crippen LogP contribution in [-0.4, -0.2) is 37.4 Å². The Bertz CT molecular complexity index is 797. The van der Waals surface area contributed by atoms with E-state index in [1.165, 1.54) is 11.5 Å². The lowest BCUT2D eigenvalue weighted by Crippen LogP contribution is -2.08. The minimum atomic E-state index is -1.08. The molecule has 0 aliphatic carbocycles. The van der Waals surface area contributed by atoms with Crippen molar-refractivity contribution in [1.29, 1.82) is 0 Å². The van der Waals surface area contributed by atoms with Crippen molar-refractivity contribution in [2.24, 2.45) is 0 Å².